The molecule has 0 rings (SSSR count). The van der Waals surface area contributed by atoms with Gasteiger partial charge in [0, 0.05) is 25.7 Å². The van der Waals surface area contributed by atoms with Crippen LogP contribution >= 0.6 is 0 Å². The fourth-order valence-corrected chi connectivity index (χ4v) is 0.754. The molecule has 12 heavy (non-hydrogen) atoms. The lowest BCUT2D eigenvalue weighted by molar-refractivity contribution is -0.119. The van der Waals surface area contributed by atoms with Crippen molar-refractivity contribution in [1.29, 1.82) is 0 Å². The van der Waals surface area contributed by atoms with E-state index >= 15 is 0 Å². The Morgan fingerprint density at radius 2 is 2.00 bits per heavy atom. The van der Waals surface area contributed by atoms with Gasteiger partial charge >= 0.3 is 0 Å². The molecule has 0 saturated heterocycles. The van der Waals surface area contributed by atoms with Gasteiger partial charge in [0.2, 0.25) is 5.92 Å². The molecule has 0 aromatic carbocycles. The number of alkyl halides is 2. The summed E-state index contributed by atoms with van der Waals surface area (Å²) in [6.07, 6.45) is -0.710. The van der Waals surface area contributed by atoms with Gasteiger partial charge in [-0.15, -0.1) is 0 Å². The van der Waals surface area contributed by atoms with Gasteiger partial charge in [-0.1, -0.05) is 0 Å². The number of rotatable bonds is 6. The molecule has 0 spiro atoms. The summed E-state index contributed by atoms with van der Waals surface area (Å²) >= 11 is 0. The number of aldehydes is 1. The zero-order chi connectivity index (χ0) is 9.61. The SMILES string of the molecule is CC(=O)CCC(F)(F)CCC=O. The lowest BCUT2D eigenvalue weighted by Gasteiger charge is -2.13. The fraction of sp³-hybridized carbons (Fsp3) is 0.750. The quantitative estimate of drug-likeness (QED) is 0.583. The molecule has 0 aliphatic heterocycles. The summed E-state index contributed by atoms with van der Waals surface area (Å²) in [5, 5.41) is 0. The van der Waals surface area contributed by atoms with Gasteiger partial charge in [0.1, 0.15) is 12.1 Å². The fourth-order valence-electron chi connectivity index (χ4n) is 0.754. The lowest BCUT2D eigenvalue weighted by Crippen LogP contribution is -2.17. The summed E-state index contributed by atoms with van der Waals surface area (Å²) in [6.45, 7) is 1.27. The molecule has 70 valence electrons. The van der Waals surface area contributed by atoms with Gasteiger partial charge in [-0.3, -0.25) is 0 Å². The van der Waals surface area contributed by atoms with Gasteiger partial charge in [0.05, 0.1) is 0 Å². The first-order valence-electron chi connectivity index (χ1n) is 3.79. The summed E-state index contributed by atoms with van der Waals surface area (Å²) in [6, 6.07) is 0. The molecule has 0 unspecified atom stereocenters. The summed E-state index contributed by atoms with van der Waals surface area (Å²) < 4.78 is 25.3. The molecular weight excluding hydrogens is 166 g/mol. The number of halogens is 2. The number of ketones is 1. The predicted molar refractivity (Wildman–Crippen MR) is 40.2 cm³/mol. The average Bonchev–Trinajstić information content (AvgIpc) is 1.98. The molecule has 0 bridgehead atoms. The summed E-state index contributed by atoms with van der Waals surface area (Å²) in [5.41, 5.74) is 0. The van der Waals surface area contributed by atoms with Gasteiger partial charge < -0.3 is 9.59 Å². The number of Topliss-reactive ketones (excluding diaryl/α,β-unsaturated/α-hetero) is 1. The van der Waals surface area contributed by atoms with Crippen molar-refractivity contribution in [3.63, 3.8) is 0 Å². The van der Waals surface area contributed by atoms with Gasteiger partial charge in [-0.25, -0.2) is 8.78 Å². The Kier molecular flexibility index (Phi) is 4.62. The van der Waals surface area contributed by atoms with Crippen LogP contribution in [-0.2, 0) is 9.59 Å². The Balaban J connectivity index is 3.69. The zero-order valence-electron chi connectivity index (χ0n) is 6.98. The third-order valence-electron chi connectivity index (χ3n) is 1.47. The van der Waals surface area contributed by atoms with Crippen LogP contribution in [0.1, 0.15) is 32.6 Å². The highest BCUT2D eigenvalue weighted by Gasteiger charge is 2.27. The van der Waals surface area contributed by atoms with Crippen LogP contribution in [0.2, 0.25) is 0 Å². The molecule has 0 fully saturated rings. The Hall–Kier alpha value is -0.800. The second-order valence-electron chi connectivity index (χ2n) is 2.76. The Bertz CT molecular complexity index is 166. The molecule has 0 radical (unpaired) electrons. The summed E-state index contributed by atoms with van der Waals surface area (Å²) in [4.78, 5) is 20.2. The van der Waals surface area contributed by atoms with E-state index in [1.54, 1.807) is 0 Å². The molecule has 0 amide bonds. The molecule has 0 aliphatic rings. The van der Waals surface area contributed by atoms with Crippen molar-refractivity contribution in [2.24, 2.45) is 0 Å². The van der Waals surface area contributed by atoms with Gasteiger partial charge in [-0.05, 0) is 6.92 Å². The van der Waals surface area contributed by atoms with Crippen molar-refractivity contribution in [2.75, 3.05) is 0 Å². The van der Waals surface area contributed by atoms with Crippen LogP contribution in [0.3, 0.4) is 0 Å². The maximum absolute atomic E-state index is 12.7. The Labute approximate surface area is 69.9 Å². The standard InChI is InChI=1S/C8H12F2O2/c1-7(12)3-5-8(9,10)4-2-6-11/h6H,2-5H2,1H3. The molecule has 0 aromatic rings. The first kappa shape index (κ1) is 11.2. The van der Waals surface area contributed by atoms with E-state index in [-0.39, 0.29) is 18.6 Å². The third kappa shape index (κ3) is 5.95. The molecule has 0 N–H and O–H groups in total. The average molecular weight is 178 g/mol. The topological polar surface area (TPSA) is 34.1 Å². The molecule has 0 aromatic heterocycles. The number of hydrogen-bond donors (Lipinski definition) is 0. The van der Waals surface area contributed by atoms with E-state index in [4.69, 9.17) is 0 Å². The highest BCUT2D eigenvalue weighted by Crippen LogP contribution is 2.25. The maximum Gasteiger partial charge on any atom is 0.249 e. The number of hydrogen-bond acceptors (Lipinski definition) is 2. The number of carbonyl (C=O) groups excluding carboxylic acids is 2. The van der Waals surface area contributed by atoms with Crippen molar-refractivity contribution < 1.29 is 18.4 Å². The largest absolute Gasteiger partial charge is 0.303 e. The van der Waals surface area contributed by atoms with E-state index in [2.05, 4.69) is 0 Å². The van der Waals surface area contributed by atoms with Crippen LogP contribution in [0.25, 0.3) is 0 Å². The van der Waals surface area contributed by atoms with Crippen LogP contribution < -0.4 is 0 Å². The highest BCUT2D eigenvalue weighted by molar-refractivity contribution is 5.75. The van der Waals surface area contributed by atoms with Crippen LogP contribution in [-0.4, -0.2) is 18.0 Å². The van der Waals surface area contributed by atoms with E-state index in [9.17, 15) is 18.4 Å². The van der Waals surface area contributed by atoms with E-state index in [0.717, 1.165) is 0 Å². The minimum Gasteiger partial charge on any atom is -0.303 e. The van der Waals surface area contributed by atoms with Crippen molar-refractivity contribution >= 4 is 12.1 Å². The summed E-state index contributed by atoms with van der Waals surface area (Å²) in [7, 11) is 0. The molecule has 4 heteroatoms. The number of carbonyl (C=O) groups is 2. The van der Waals surface area contributed by atoms with E-state index < -0.39 is 18.8 Å². The van der Waals surface area contributed by atoms with Crippen molar-refractivity contribution in [3.8, 4) is 0 Å². The predicted octanol–water partition coefficient (Wildman–Crippen LogP) is 1.97. The van der Waals surface area contributed by atoms with Crippen LogP contribution in [0, 0.1) is 0 Å². The normalized spacial score (nSPS) is 11.2. The summed E-state index contributed by atoms with van der Waals surface area (Å²) in [5.74, 6) is -3.12. The van der Waals surface area contributed by atoms with Crippen molar-refractivity contribution in [3.05, 3.63) is 0 Å². The van der Waals surface area contributed by atoms with E-state index in [1.807, 2.05) is 0 Å². The molecule has 0 heterocycles. The smallest absolute Gasteiger partial charge is 0.249 e. The lowest BCUT2D eigenvalue weighted by atomic mass is 10.1. The minimum atomic E-state index is -2.87. The van der Waals surface area contributed by atoms with Crippen LogP contribution in [0.15, 0.2) is 0 Å². The van der Waals surface area contributed by atoms with E-state index in [1.165, 1.54) is 6.92 Å². The van der Waals surface area contributed by atoms with Crippen molar-refractivity contribution in [1.82, 2.24) is 0 Å². The first-order chi connectivity index (χ1) is 5.48. The maximum atomic E-state index is 12.7. The van der Waals surface area contributed by atoms with Gasteiger partial charge in [-0.2, -0.15) is 0 Å². The minimum absolute atomic E-state index is 0.119. The highest BCUT2D eigenvalue weighted by atomic mass is 19.3. The molecule has 0 aliphatic carbocycles. The molecule has 0 atom stereocenters. The van der Waals surface area contributed by atoms with Crippen LogP contribution in [0.4, 0.5) is 8.78 Å². The Morgan fingerprint density at radius 1 is 1.42 bits per heavy atom. The van der Waals surface area contributed by atoms with Crippen molar-refractivity contribution in [2.45, 2.75) is 38.5 Å². The first-order valence-corrected chi connectivity index (χ1v) is 3.79. The third-order valence-corrected chi connectivity index (χ3v) is 1.47. The Morgan fingerprint density at radius 3 is 2.42 bits per heavy atom. The van der Waals surface area contributed by atoms with Gasteiger partial charge in [0.25, 0.3) is 0 Å². The molecule has 0 saturated carbocycles. The monoisotopic (exact) mass is 178 g/mol. The van der Waals surface area contributed by atoms with Gasteiger partial charge in [0.15, 0.2) is 0 Å². The van der Waals surface area contributed by atoms with E-state index in [0.29, 0.717) is 6.29 Å². The zero-order valence-corrected chi connectivity index (χ0v) is 6.98. The second kappa shape index (κ2) is 4.95. The molecule has 2 nitrogen and oxygen atoms in total. The van der Waals surface area contributed by atoms with Crippen LogP contribution in [0.5, 0.6) is 0 Å². The molecular formula is C8H12F2O2. The second-order valence-corrected chi connectivity index (χ2v) is 2.76.